The molecule has 0 bridgehead atoms. The Bertz CT molecular complexity index is 570. The van der Waals surface area contributed by atoms with Crippen molar-refractivity contribution >= 4 is 11.9 Å². The molecular weight excluding hydrogens is 313 g/mol. The van der Waals surface area contributed by atoms with E-state index in [1.165, 1.54) is 12.1 Å². The Balaban J connectivity index is 1.78. The summed E-state index contributed by atoms with van der Waals surface area (Å²) in [5.74, 6) is -1.20. The van der Waals surface area contributed by atoms with Crippen LogP contribution in [0.1, 0.15) is 39.0 Å². The van der Waals surface area contributed by atoms with Gasteiger partial charge in [0.25, 0.3) is 0 Å². The minimum Gasteiger partial charge on any atom is -0.489 e. The number of carboxylic acids is 1. The average Bonchev–Trinajstić information content (AvgIpc) is 2.58. The van der Waals surface area contributed by atoms with Gasteiger partial charge in [-0.3, -0.25) is 9.59 Å². The highest BCUT2D eigenvalue weighted by Crippen LogP contribution is 2.29. The summed E-state index contributed by atoms with van der Waals surface area (Å²) in [4.78, 5) is 23.2. The number of rotatable bonds is 7. The van der Waals surface area contributed by atoms with E-state index >= 15 is 0 Å². The second-order valence-corrected chi connectivity index (χ2v) is 6.24. The van der Waals surface area contributed by atoms with Gasteiger partial charge in [-0.25, -0.2) is 4.39 Å². The number of hydrogen-bond acceptors (Lipinski definition) is 3. The third-order valence-electron chi connectivity index (χ3n) is 4.51. The minimum absolute atomic E-state index is 0.0554. The number of carbonyl (C=O) groups is 2. The standard InChI is InChI=1S/C18H24FNO4/c1-2-15(24-16-5-3-4-14(19)10-16)11-20-17(21)12-6-8-13(9-7-12)18(22)23/h3-5,10,12-13,15H,2,6-9,11H2,1H3,(H,20,21)(H,22,23). The Morgan fingerprint density at radius 3 is 2.54 bits per heavy atom. The van der Waals surface area contributed by atoms with E-state index in [0.717, 1.165) is 0 Å². The molecule has 0 saturated heterocycles. The smallest absolute Gasteiger partial charge is 0.306 e. The third-order valence-corrected chi connectivity index (χ3v) is 4.51. The van der Waals surface area contributed by atoms with Crippen molar-refractivity contribution in [1.82, 2.24) is 5.32 Å². The van der Waals surface area contributed by atoms with Gasteiger partial charge in [0.15, 0.2) is 0 Å². The topological polar surface area (TPSA) is 75.6 Å². The van der Waals surface area contributed by atoms with E-state index in [1.54, 1.807) is 12.1 Å². The fraction of sp³-hybridized carbons (Fsp3) is 0.556. The first-order valence-corrected chi connectivity index (χ1v) is 8.42. The van der Waals surface area contributed by atoms with Crippen LogP contribution in [0.2, 0.25) is 0 Å². The summed E-state index contributed by atoms with van der Waals surface area (Å²) in [6.07, 6.45) is 2.75. The number of hydrogen-bond donors (Lipinski definition) is 2. The second kappa shape index (κ2) is 8.66. The summed E-state index contributed by atoms with van der Waals surface area (Å²) in [6, 6.07) is 5.93. The third kappa shape index (κ3) is 5.22. The van der Waals surface area contributed by atoms with Crippen LogP contribution in [0.4, 0.5) is 4.39 Å². The van der Waals surface area contributed by atoms with Gasteiger partial charge in [0.1, 0.15) is 17.7 Å². The zero-order valence-electron chi connectivity index (χ0n) is 13.8. The molecule has 2 rings (SSSR count). The number of aliphatic carboxylic acids is 1. The number of ether oxygens (including phenoxy) is 1. The summed E-state index contributed by atoms with van der Waals surface area (Å²) < 4.78 is 18.9. The van der Waals surface area contributed by atoms with Crippen molar-refractivity contribution in [1.29, 1.82) is 0 Å². The van der Waals surface area contributed by atoms with Crippen molar-refractivity contribution < 1.29 is 23.8 Å². The molecule has 5 nitrogen and oxygen atoms in total. The number of carboxylic acid groups (broad SMARTS) is 1. The van der Waals surface area contributed by atoms with E-state index < -0.39 is 5.97 Å². The van der Waals surface area contributed by atoms with Crippen molar-refractivity contribution in [2.24, 2.45) is 11.8 Å². The van der Waals surface area contributed by atoms with Crippen LogP contribution < -0.4 is 10.1 Å². The monoisotopic (exact) mass is 337 g/mol. The molecule has 132 valence electrons. The van der Waals surface area contributed by atoms with E-state index in [0.29, 0.717) is 44.4 Å². The molecule has 1 atom stereocenters. The Kier molecular flexibility index (Phi) is 6.58. The molecule has 1 fully saturated rings. The van der Waals surface area contributed by atoms with E-state index in [9.17, 15) is 14.0 Å². The highest BCUT2D eigenvalue weighted by atomic mass is 19.1. The maximum absolute atomic E-state index is 13.2. The number of halogens is 1. The molecule has 0 spiro atoms. The fourth-order valence-corrected chi connectivity index (χ4v) is 2.96. The van der Waals surface area contributed by atoms with Gasteiger partial charge < -0.3 is 15.2 Å². The Labute approximate surface area is 141 Å². The first-order chi connectivity index (χ1) is 11.5. The van der Waals surface area contributed by atoms with Gasteiger partial charge in [0.2, 0.25) is 5.91 Å². The van der Waals surface area contributed by atoms with Crippen LogP contribution in [0, 0.1) is 17.7 Å². The molecule has 0 aliphatic heterocycles. The van der Waals surface area contributed by atoms with Crippen molar-refractivity contribution in [3.8, 4) is 5.75 Å². The number of benzene rings is 1. The molecule has 1 aromatic carbocycles. The molecule has 6 heteroatoms. The van der Waals surface area contributed by atoms with Crippen LogP contribution in [-0.2, 0) is 9.59 Å². The summed E-state index contributed by atoms with van der Waals surface area (Å²) >= 11 is 0. The lowest BCUT2D eigenvalue weighted by Gasteiger charge is -2.26. The van der Waals surface area contributed by atoms with Crippen LogP contribution in [0.5, 0.6) is 5.75 Å². The molecule has 1 amide bonds. The maximum atomic E-state index is 13.2. The normalized spacial score (nSPS) is 21.8. The predicted octanol–water partition coefficient (Wildman–Crippen LogP) is 2.99. The van der Waals surface area contributed by atoms with Gasteiger partial charge in [-0.1, -0.05) is 13.0 Å². The van der Waals surface area contributed by atoms with Crippen LogP contribution in [0.15, 0.2) is 24.3 Å². The van der Waals surface area contributed by atoms with Gasteiger partial charge in [-0.05, 0) is 44.2 Å². The molecule has 1 aliphatic carbocycles. The molecule has 1 aliphatic rings. The number of nitrogens with one attached hydrogen (secondary N) is 1. The summed E-state index contributed by atoms with van der Waals surface area (Å²) in [5, 5.41) is 11.9. The van der Waals surface area contributed by atoms with Crippen molar-refractivity contribution in [3.05, 3.63) is 30.1 Å². The minimum atomic E-state index is -0.775. The van der Waals surface area contributed by atoms with Crippen LogP contribution in [-0.4, -0.2) is 29.6 Å². The van der Waals surface area contributed by atoms with E-state index in [1.807, 2.05) is 6.92 Å². The predicted molar refractivity (Wildman–Crippen MR) is 87.2 cm³/mol. The molecule has 1 unspecified atom stereocenters. The van der Waals surface area contributed by atoms with E-state index in [-0.39, 0.29) is 29.7 Å². The summed E-state index contributed by atoms with van der Waals surface area (Å²) in [5.41, 5.74) is 0. The second-order valence-electron chi connectivity index (χ2n) is 6.24. The van der Waals surface area contributed by atoms with Gasteiger partial charge in [-0.2, -0.15) is 0 Å². The van der Waals surface area contributed by atoms with Gasteiger partial charge in [-0.15, -0.1) is 0 Å². The van der Waals surface area contributed by atoms with Crippen molar-refractivity contribution in [2.75, 3.05) is 6.54 Å². The summed E-state index contributed by atoms with van der Waals surface area (Å²) in [6.45, 7) is 2.29. The first-order valence-electron chi connectivity index (χ1n) is 8.42. The molecule has 1 saturated carbocycles. The maximum Gasteiger partial charge on any atom is 0.306 e. The lowest BCUT2D eigenvalue weighted by molar-refractivity contribution is -0.144. The lowest BCUT2D eigenvalue weighted by Crippen LogP contribution is -2.39. The lowest BCUT2D eigenvalue weighted by atomic mass is 9.81. The van der Waals surface area contributed by atoms with Gasteiger partial charge >= 0.3 is 5.97 Å². The van der Waals surface area contributed by atoms with Crippen LogP contribution in [0.3, 0.4) is 0 Å². The van der Waals surface area contributed by atoms with Gasteiger partial charge in [0.05, 0.1) is 12.5 Å². The Morgan fingerprint density at radius 1 is 1.29 bits per heavy atom. The first kappa shape index (κ1) is 18.2. The van der Waals surface area contributed by atoms with Crippen LogP contribution in [0.25, 0.3) is 0 Å². The highest BCUT2D eigenvalue weighted by molar-refractivity contribution is 5.79. The zero-order chi connectivity index (χ0) is 17.5. The molecular formula is C18H24FNO4. The zero-order valence-corrected chi connectivity index (χ0v) is 13.8. The molecule has 0 heterocycles. The van der Waals surface area contributed by atoms with Crippen LogP contribution >= 0.6 is 0 Å². The average molecular weight is 337 g/mol. The Morgan fingerprint density at radius 2 is 1.96 bits per heavy atom. The molecule has 0 aromatic heterocycles. The molecule has 0 radical (unpaired) electrons. The SMILES string of the molecule is CCC(CNC(=O)C1CCC(C(=O)O)CC1)Oc1cccc(F)c1. The van der Waals surface area contributed by atoms with E-state index in [4.69, 9.17) is 9.84 Å². The quantitative estimate of drug-likeness (QED) is 0.802. The molecule has 1 aromatic rings. The van der Waals surface area contributed by atoms with E-state index in [2.05, 4.69) is 5.32 Å². The fourth-order valence-electron chi connectivity index (χ4n) is 2.96. The van der Waals surface area contributed by atoms with Gasteiger partial charge in [0, 0.05) is 12.0 Å². The summed E-state index contributed by atoms with van der Waals surface area (Å²) in [7, 11) is 0. The number of carbonyl (C=O) groups excluding carboxylic acids is 1. The highest BCUT2D eigenvalue weighted by Gasteiger charge is 2.29. The Hall–Kier alpha value is -2.11. The van der Waals surface area contributed by atoms with Crippen molar-refractivity contribution in [2.45, 2.75) is 45.1 Å². The molecule has 2 N–H and O–H groups in total. The number of amides is 1. The van der Waals surface area contributed by atoms with Crippen molar-refractivity contribution in [3.63, 3.8) is 0 Å². The molecule has 24 heavy (non-hydrogen) atoms. The largest absolute Gasteiger partial charge is 0.489 e.